The Morgan fingerprint density at radius 2 is 2.09 bits per heavy atom. The smallest absolute Gasteiger partial charge is 0.309 e. The molecule has 0 aromatic carbocycles. The molecule has 2 heteroatoms. The van der Waals surface area contributed by atoms with Crippen LogP contribution in [0.25, 0.3) is 0 Å². The fraction of sp³-hybridized carbons (Fsp3) is 0.650. The molecule has 0 bridgehead atoms. The molecule has 0 heterocycles. The Balaban J connectivity index is 2.36. The third kappa shape index (κ3) is 2.68. The van der Waals surface area contributed by atoms with Gasteiger partial charge in [-0.25, -0.2) is 0 Å². The van der Waals surface area contributed by atoms with Crippen molar-refractivity contribution in [2.45, 2.75) is 59.3 Å². The standard InChI is InChI=1S/C20H30O2/c1-6-14(2)8-10-16-15(3)9-11-17-19(16,4)12-7-13-20(17,5)18(21)22/h6,8,16-17H,1,3,7,9-13H2,2,4-5H3,(H,21,22)/b14-8+/t16-,17+,19+,20-/m1/s1. The second-order valence-electron chi connectivity index (χ2n) is 7.77. The Morgan fingerprint density at radius 3 is 2.68 bits per heavy atom. The summed E-state index contributed by atoms with van der Waals surface area (Å²) in [7, 11) is 0. The minimum absolute atomic E-state index is 0.0542. The zero-order chi connectivity index (χ0) is 16.5. The molecule has 22 heavy (non-hydrogen) atoms. The lowest BCUT2D eigenvalue weighted by Crippen LogP contribution is -2.53. The number of carboxylic acid groups (broad SMARTS) is 1. The van der Waals surface area contributed by atoms with Crippen LogP contribution in [0.1, 0.15) is 59.3 Å². The molecule has 2 rings (SSSR count). The van der Waals surface area contributed by atoms with Crippen molar-refractivity contribution < 1.29 is 9.90 Å². The number of aliphatic carboxylic acids is 1. The predicted octanol–water partition coefficient (Wildman–Crippen LogP) is 5.37. The molecule has 0 radical (unpaired) electrons. The Morgan fingerprint density at radius 1 is 1.41 bits per heavy atom. The second-order valence-corrected chi connectivity index (χ2v) is 7.77. The maximum atomic E-state index is 11.9. The Hall–Kier alpha value is -1.31. The highest BCUT2D eigenvalue weighted by atomic mass is 16.4. The quantitative estimate of drug-likeness (QED) is 0.559. The fourth-order valence-electron chi connectivity index (χ4n) is 5.03. The summed E-state index contributed by atoms with van der Waals surface area (Å²) in [6, 6.07) is 0. The summed E-state index contributed by atoms with van der Waals surface area (Å²) in [5, 5.41) is 9.81. The van der Waals surface area contributed by atoms with E-state index in [4.69, 9.17) is 0 Å². The molecule has 0 spiro atoms. The van der Waals surface area contributed by atoms with E-state index in [1.165, 1.54) is 11.1 Å². The molecule has 0 aliphatic heterocycles. The van der Waals surface area contributed by atoms with E-state index in [-0.39, 0.29) is 11.3 Å². The molecule has 2 aliphatic rings. The highest BCUT2D eigenvalue weighted by Crippen LogP contribution is 2.61. The first-order chi connectivity index (χ1) is 10.3. The molecular weight excluding hydrogens is 272 g/mol. The minimum Gasteiger partial charge on any atom is -0.481 e. The zero-order valence-corrected chi connectivity index (χ0v) is 14.3. The van der Waals surface area contributed by atoms with Crippen LogP contribution in [0, 0.1) is 22.7 Å². The molecule has 2 saturated carbocycles. The van der Waals surface area contributed by atoms with Crippen LogP contribution in [-0.2, 0) is 4.79 Å². The number of rotatable bonds is 4. The molecule has 4 atom stereocenters. The number of fused-ring (bicyclic) bond motifs is 1. The van der Waals surface area contributed by atoms with Crippen LogP contribution in [0.2, 0.25) is 0 Å². The van der Waals surface area contributed by atoms with Crippen LogP contribution in [0.3, 0.4) is 0 Å². The van der Waals surface area contributed by atoms with Crippen molar-refractivity contribution in [3.05, 3.63) is 36.5 Å². The summed E-state index contributed by atoms with van der Waals surface area (Å²) in [6.45, 7) is 14.5. The molecule has 0 saturated heterocycles. The van der Waals surface area contributed by atoms with Crippen molar-refractivity contribution in [3.8, 4) is 0 Å². The van der Waals surface area contributed by atoms with Crippen LogP contribution < -0.4 is 0 Å². The van der Waals surface area contributed by atoms with Gasteiger partial charge in [0, 0.05) is 0 Å². The average molecular weight is 302 g/mol. The van der Waals surface area contributed by atoms with Gasteiger partial charge in [0.1, 0.15) is 0 Å². The van der Waals surface area contributed by atoms with Crippen LogP contribution in [-0.4, -0.2) is 11.1 Å². The predicted molar refractivity (Wildman–Crippen MR) is 91.6 cm³/mol. The molecule has 122 valence electrons. The number of carbonyl (C=O) groups is 1. The van der Waals surface area contributed by atoms with E-state index < -0.39 is 11.4 Å². The van der Waals surface area contributed by atoms with E-state index in [1.807, 2.05) is 13.0 Å². The van der Waals surface area contributed by atoms with E-state index in [2.05, 4.69) is 33.1 Å². The maximum absolute atomic E-state index is 11.9. The lowest BCUT2D eigenvalue weighted by atomic mass is 9.46. The summed E-state index contributed by atoms with van der Waals surface area (Å²) in [5.41, 5.74) is 1.97. The Kier molecular flexibility index (Phi) is 4.70. The maximum Gasteiger partial charge on any atom is 0.309 e. The van der Waals surface area contributed by atoms with Gasteiger partial charge in [0.2, 0.25) is 0 Å². The van der Waals surface area contributed by atoms with Gasteiger partial charge < -0.3 is 5.11 Å². The van der Waals surface area contributed by atoms with E-state index in [9.17, 15) is 9.90 Å². The minimum atomic E-state index is -0.618. The average Bonchev–Trinajstić information content (AvgIpc) is 2.45. The lowest BCUT2D eigenvalue weighted by Gasteiger charge is -2.57. The van der Waals surface area contributed by atoms with Crippen LogP contribution in [0.4, 0.5) is 0 Å². The Labute approximate surface area is 135 Å². The molecule has 1 N–H and O–H groups in total. The van der Waals surface area contributed by atoms with Crippen molar-refractivity contribution in [2.75, 3.05) is 0 Å². The molecule has 2 fully saturated rings. The van der Waals surface area contributed by atoms with Crippen molar-refractivity contribution in [2.24, 2.45) is 22.7 Å². The van der Waals surface area contributed by atoms with Gasteiger partial charge in [-0.15, -0.1) is 0 Å². The van der Waals surface area contributed by atoms with Gasteiger partial charge in [-0.05, 0) is 63.2 Å². The van der Waals surface area contributed by atoms with Gasteiger partial charge in [0.05, 0.1) is 5.41 Å². The number of hydrogen-bond acceptors (Lipinski definition) is 1. The van der Waals surface area contributed by atoms with Gasteiger partial charge in [0.15, 0.2) is 0 Å². The largest absolute Gasteiger partial charge is 0.481 e. The first kappa shape index (κ1) is 17.1. The van der Waals surface area contributed by atoms with Crippen LogP contribution in [0.5, 0.6) is 0 Å². The second kappa shape index (κ2) is 6.06. The van der Waals surface area contributed by atoms with E-state index in [0.29, 0.717) is 5.92 Å². The normalized spacial score (nSPS) is 39.2. The fourth-order valence-corrected chi connectivity index (χ4v) is 5.03. The zero-order valence-electron chi connectivity index (χ0n) is 14.3. The summed E-state index contributed by atoms with van der Waals surface area (Å²) in [4.78, 5) is 11.9. The van der Waals surface area contributed by atoms with E-state index >= 15 is 0 Å². The Bertz CT molecular complexity index is 516. The van der Waals surface area contributed by atoms with Gasteiger partial charge >= 0.3 is 5.97 Å². The molecule has 0 unspecified atom stereocenters. The summed E-state index contributed by atoms with van der Waals surface area (Å²) in [5.74, 6) is 0.0202. The van der Waals surface area contributed by atoms with Crippen molar-refractivity contribution in [3.63, 3.8) is 0 Å². The highest BCUT2D eigenvalue weighted by molar-refractivity contribution is 5.75. The molecule has 0 amide bonds. The molecule has 2 aliphatic carbocycles. The molecule has 0 aromatic rings. The van der Waals surface area contributed by atoms with Crippen molar-refractivity contribution in [1.82, 2.24) is 0 Å². The number of allylic oxidation sites excluding steroid dienone is 4. The number of hydrogen-bond donors (Lipinski definition) is 1. The van der Waals surface area contributed by atoms with Crippen molar-refractivity contribution >= 4 is 5.97 Å². The van der Waals surface area contributed by atoms with Crippen molar-refractivity contribution in [1.29, 1.82) is 0 Å². The number of carboxylic acids is 1. The molecule has 2 nitrogen and oxygen atoms in total. The SMILES string of the molecule is C=C/C(C)=C/C[C@@H]1C(=C)CC[C@H]2[C@@]1(C)CCC[C@@]2(C)C(=O)O. The first-order valence-electron chi connectivity index (χ1n) is 8.46. The lowest BCUT2D eigenvalue weighted by molar-refractivity contribution is -0.164. The van der Waals surface area contributed by atoms with Gasteiger partial charge in [-0.2, -0.15) is 0 Å². The molecule has 0 aromatic heterocycles. The highest BCUT2D eigenvalue weighted by Gasteiger charge is 2.57. The topological polar surface area (TPSA) is 37.3 Å². The van der Waals surface area contributed by atoms with E-state index in [0.717, 1.165) is 38.5 Å². The van der Waals surface area contributed by atoms with E-state index in [1.54, 1.807) is 0 Å². The summed E-state index contributed by atoms with van der Waals surface area (Å²) >= 11 is 0. The first-order valence-corrected chi connectivity index (χ1v) is 8.46. The third-order valence-electron chi connectivity index (χ3n) is 6.51. The van der Waals surface area contributed by atoms with Crippen LogP contribution >= 0.6 is 0 Å². The summed E-state index contributed by atoms with van der Waals surface area (Å²) < 4.78 is 0. The monoisotopic (exact) mass is 302 g/mol. The molecular formula is C20H30O2. The summed E-state index contributed by atoms with van der Waals surface area (Å²) in [6.07, 6.45) is 9.95. The van der Waals surface area contributed by atoms with Gasteiger partial charge in [0.25, 0.3) is 0 Å². The van der Waals surface area contributed by atoms with Crippen LogP contribution in [0.15, 0.2) is 36.5 Å². The van der Waals surface area contributed by atoms with Gasteiger partial charge in [-0.3, -0.25) is 4.79 Å². The third-order valence-corrected chi connectivity index (χ3v) is 6.51. The van der Waals surface area contributed by atoms with Gasteiger partial charge in [-0.1, -0.05) is 49.8 Å².